The van der Waals surface area contributed by atoms with Crippen LogP contribution in [0.2, 0.25) is 0 Å². The van der Waals surface area contributed by atoms with Crippen molar-refractivity contribution in [3.05, 3.63) is 24.3 Å². The van der Waals surface area contributed by atoms with Crippen LogP contribution in [0.15, 0.2) is 29.2 Å². The van der Waals surface area contributed by atoms with Gasteiger partial charge >= 0.3 is 0 Å². The van der Waals surface area contributed by atoms with Crippen LogP contribution in [0.4, 0.5) is 0 Å². The number of nitrogens with zero attached hydrogens (tertiary/aromatic N) is 2. The molecule has 0 saturated carbocycles. The van der Waals surface area contributed by atoms with Gasteiger partial charge in [-0.15, -0.1) is 0 Å². The molecule has 0 unspecified atom stereocenters. The lowest BCUT2D eigenvalue weighted by molar-refractivity contribution is -0.138. The SMILES string of the molecule is COc1ccc(S(=O)(=O)N2CCN(C(=O)[C@H](NC(C)=O)C(C)C)CC2)cc1. The zero-order chi connectivity index (χ0) is 20.2. The van der Waals surface area contributed by atoms with E-state index in [4.69, 9.17) is 4.74 Å². The van der Waals surface area contributed by atoms with Crippen molar-refractivity contribution in [2.45, 2.75) is 31.7 Å². The lowest BCUT2D eigenvalue weighted by Gasteiger charge is -2.36. The largest absolute Gasteiger partial charge is 0.497 e. The number of amides is 2. The van der Waals surface area contributed by atoms with E-state index in [0.717, 1.165) is 0 Å². The summed E-state index contributed by atoms with van der Waals surface area (Å²) in [7, 11) is -2.10. The summed E-state index contributed by atoms with van der Waals surface area (Å²) in [5.41, 5.74) is 0. The fraction of sp³-hybridized carbons (Fsp3) is 0.556. The summed E-state index contributed by atoms with van der Waals surface area (Å²) in [6, 6.07) is 5.63. The van der Waals surface area contributed by atoms with E-state index in [-0.39, 0.29) is 48.8 Å². The first kappa shape index (κ1) is 21.2. The highest BCUT2D eigenvalue weighted by molar-refractivity contribution is 7.89. The van der Waals surface area contributed by atoms with Gasteiger partial charge in [-0.1, -0.05) is 13.8 Å². The van der Waals surface area contributed by atoms with Gasteiger partial charge in [-0.25, -0.2) is 8.42 Å². The van der Waals surface area contributed by atoms with Crippen LogP contribution in [-0.2, 0) is 19.6 Å². The number of hydrogen-bond donors (Lipinski definition) is 1. The average molecular weight is 397 g/mol. The number of piperazine rings is 1. The molecule has 150 valence electrons. The Morgan fingerprint density at radius 3 is 2.07 bits per heavy atom. The summed E-state index contributed by atoms with van der Waals surface area (Å²) in [6.07, 6.45) is 0. The first-order chi connectivity index (χ1) is 12.7. The molecule has 27 heavy (non-hydrogen) atoms. The number of nitrogens with one attached hydrogen (secondary N) is 1. The number of benzene rings is 1. The van der Waals surface area contributed by atoms with Gasteiger partial charge in [0.15, 0.2) is 0 Å². The molecule has 0 aromatic heterocycles. The topological polar surface area (TPSA) is 96.0 Å². The lowest BCUT2D eigenvalue weighted by atomic mass is 10.0. The van der Waals surface area contributed by atoms with E-state index in [1.54, 1.807) is 17.0 Å². The number of carbonyl (C=O) groups excluding carboxylic acids is 2. The number of methoxy groups -OCH3 is 1. The normalized spacial score (nSPS) is 16.9. The van der Waals surface area contributed by atoms with Crippen LogP contribution in [0.25, 0.3) is 0 Å². The van der Waals surface area contributed by atoms with Crippen molar-refractivity contribution in [1.82, 2.24) is 14.5 Å². The van der Waals surface area contributed by atoms with Crippen LogP contribution < -0.4 is 10.1 Å². The van der Waals surface area contributed by atoms with Gasteiger partial charge in [0, 0.05) is 33.1 Å². The van der Waals surface area contributed by atoms with E-state index in [2.05, 4.69) is 5.32 Å². The summed E-state index contributed by atoms with van der Waals surface area (Å²) >= 11 is 0. The molecule has 1 aromatic rings. The van der Waals surface area contributed by atoms with E-state index in [0.29, 0.717) is 5.75 Å². The quantitative estimate of drug-likeness (QED) is 0.762. The molecule has 1 atom stereocenters. The number of sulfonamides is 1. The maximum absolute atomic E-state index is 12.8. The molecule has 8 nitrogen and oxygen atoms in total. The third kappa shape index (κ3) is 4.98. The Labute approximate surface area is 160 Å². The highest BCUT2D eigenvalue weighted by Gasteiger charge is 2.33. The average Bonchev–Trinajstić information content (AvgIpc) is 2.65. The zero-order valence-corrected chi connectivity index (χ0v) is 17.0. The highest BCUT2D eigenvalue weighted by atomic mass is 32.2. The third-order valence-electron chi connectivity index (χ3n) is 4.54. The van der Waals surface area contributed by atoms with Crippen LogP contribution in [-0.4, -0.2) is 68.8 Å². The minimum absolute atomic E-state index is 0.0533. The molecular formula is C18H27N3O5S. The van der Waals surface area contributed by atoms with Gasteiger partial charge in [-0.05, 0) is 30.2 Å². The van der Waals surface area contributed by atoms with Crippen molar-refractivity contribution in [2.75, 3.05) is 33.3 Å². The summed E-state index contributed by atoms with van der Waals surface area (Å²) in [6.45, 7) is 6.11. The fourth-order valence-corrected chi connectivity index (χ4v) is 4.40. The molecular weight excluding hydrogens is 370 g/mol. The van der Waals surface area contributed by atoms with Gasteiger partial charge < -0.3 is 15.0 Å². The molecule has 0 bridgehead atoms. The van der Waals surface area contributed by atoms with Crippen molar-refractivity contribution < 1.29 is 22.7 Å². The molecule has 2 rings (SSSR count). The van der Waals surface area contributed by atoms with Gasteiger partial charge in [0.2, 0.25) is 21.8 Å². The smallest absolute Gasteiger partial charge is 0.245 e. The van der Waals surface area contributed by atoms with E-state index >= 15 is 0 Å². The summed E-state index contributed by atoms with van der Waals surface area (Å²) in [4.78, 5) is 25.9. The summed E-state index contributed by atoms with van der Waals surface area (Å²) in [5.74, 6) is 0.0917. The van der Waals surface area contributed by atoms with Crippen molar-refractivity contribution >= 4 is 21.8 Å². The molecule has 9 heteroatoms. The molecule has 1 aliphatic heterocycles. The molecule has 1 saturated heterocycles. The van der Waals surface area contributed by atoms with E-state index in [9.17, 15) is 18.0 Å². The van der Waals surface area contributed by atoms with Gasteiger partial charge in [0.25, 0.3) is 0 Å². The zero-order valence-electron chi connectivity index (χ0n) is 16.1. The summed E-state index contributed by atoms with van der Waals surface area (Å²) in [5, 5.41) is 2.68. The Morgan fingerprint density at radius 1 is 1.07 bits per heavy atom. The summed E-state index contributed by atoms with van der Waals surface area (Å²) < 4.78 is 32.0. The molecule has 2 amide bonds. The molecule has 0 aliphatic carbocycles. The number of rotatable bonds is 6. The van der Waals surface area contributed by atoms with Crippen LogP contribution in [0.5, 0.6) is 5.75 Å². The van der Waals surface area contributed by atoms with Gasteiger partial charge in [0.1, 0.15) is 11.8 Å². The Morgan fingerprint density at radius 2 is 1.63 bits per heavy atom. The molecule has 0 radical (unpaired) electrons. The fourth-order valence-electron chi connectivity index (χ4n) is 2.97. The minimum Gasteiger partial charge on any atom is -0.497 e. The molecule has 1 fully saturated rings. The van der Waals surface area contributed by atoms with Crippen LogP contribution in [0, 0.1) is 5.92 Å². The standard InChI is InChI=1S/C18H27N3O5S/c1-13(2)17(19-14(3)22)18(23)20-9-11-21(12-10-20)27(24,25)16-7-5-15(26-4)6-8-16/h5-8,13,17H,9-12H2,1-4H3,(H,19,22)/t17-/m1/s1. The highest BCUT2D eigenvalue weighted by Crippen LogP contribution is 2.21. The van der Waals surface area contributed by atoms with E-state index in [1.165, 1.54) is 30.5 Å². The number of carbonyl (C=O) groups is 2. The maximum Gasteiger partial charge on any atom is 0.245 e. The second-order valence-corrected chi connectivity index (χ2v) is 8.77. The van der Waals surface area contributed by atoms with Gasteiger partial charge in [-0.3, -0.25) is 9.59 Å². The molecule has 0 spiro atoms. The van der Waals surface area contributed by atoms with Crippen molar-refractivity contribution in [1.29, 1.82) is 0 Å². The van der Waals surface area contributed by atoms with Crippen LogP contribution >= 0.6 is 0 Å². The first-order valence-corrected chi connectivity index (χ1v) is 10.3. The number of ether oxygens (including phenoxy) is 1. The van der Waals surface area contributed by atoms with Gasteiger partial charge in [-0.2, -0.15) is 4.31 Å². The Hall–Kier alpha value is -2.13. The molecule has 1 aromatic carbocycles. The van der Waals surface area contributed by atoms with Crippen molar-refractivity contribution in [2.24, 2.45) is 5.92 Å². The van der Waals surface area contributed by atoms with E-state index in [1.807, 2.05) is 13.8 Å². The maximum atomic E-state index is 12.8. The van der Waals surface area contributed by atoms with E-state index < -0.39 is 16.1 Å². The van der Waals surface area contributed by atoms with Gasteiger partial charge in [0.05, 0.1) is 12.0 Å². The van der Waals surface area contributed by atoms with Crippen molar-refractivity contribution in [3.8, 4) is 5.75 Å². The monoisotopic (exact) mass is 397 g/mol. The molecule has 1 N–H and O–H groups in total. The molecule has 1 aliphatic rings. The lowest BCUT2D eigenvalue weighted by Crippen LogP contribution is -2.56. The van der Waals surface area contributed by atoms with Crippen LogP contribution in [0.1, 0.15) is 20.8 Å². The Balaban J connectivity index is 2.04. The Bertz CT molecular complexity index is 769. The Kier molecular flexibility index (Phi) is 6.83. The first-order valence-electron chi connectivity index (χ1n) is 8.87. The second-order valence-electron chi connectivity index (χ2n) is 6.83. The predicted octanol–water partition coefficient (Wildman–Crippen LogP) is 0.689. The predicted molar refractivity (Wildman–Crippen MR) is 101 cm³/mol. The minimum atomic E-state index is -3.62. The molecule has 1 heterocycles. The second kappa shape index (κ2) is 8.71. The van der Waals surface area contributed by atoms with Crippen molar-refractivity contribution in [3.63, 3.8) is 0 Å². The third-order valence-corrected chi connectivity index (χ3v) is 6.45. The number of hydrogen-bond acceptors (Lipinski definition) is 5. The van der Waals surface area contributed by atoms with Crippen LogP contribution in [0.3, 0.4) is 0 Å².